The van der Waals surface area contributed by atoms with Gasteiger partial charge in [-0.2, -0.15) is 0 Å². The third-order valence-electron chi connectivity index (χ3n) is 4.02. The van der Waals surface area contributed by atoms with E-state index in [-0.39, 0.29) is 5.91 Å². The topological polar surface area (TPSA) is 32.3 Å². The highest BCUT2D eigenvalue weighted by molar-refractivity contribution is 5.86. The fraction of sp³-hybridized carbons (Fsp3) is 0.842. The summed E-state index contributed by atoms with van der Waals surface area (Å²) < 4.78 is 0. The van der Waals surface area contributed by atoms with Crippen molar-refractivity contribution in [3.05, 3.63) is 12.7 Å². The number of carbonyl (C=O) groups excluding carboxylic acids is 1. The molecular formula is C19H38N2O. The molecule has 3 nitrogen and oxygen atoms in total. The summed E-state index contributed by atoms with van der Waals surface area (Å²) in [6.45, 7) is 5.46. The highest BCUT2D eigenvalue weighted by Gasteiger charge is 1.95. The number of hydrogen-bond acceptors (Lipinski definition) is 2. The number of unbranched alkanes of at least 4 members (excludes halogenated alkanes) is 11. The molecule has 0 atom stereocenters. The van der Waals surface area contributed by atoms with Crippen LogP contribution in [0.1, 0.15) is 77.0 Å². The minimum atomic E-state index is -0.0540. The Morgan fingerprint density at radius 1 is 0.818 bits per heavy atom. The quantitative estimate of drug-likeness (QED) is 0.335. The molecule has 1 N–H and O–H groups in total. The first-order valence-corrected chi connectivity index (χ1v) is 9.22. The van der Waals surface area contributed by atoms with Crippen LogP contribution in [0.5, 0.6) is 0 Å². The van der Waals surface area contributed by atoms with Crippen LogP contribution in [0.4, 0.5) is 0 Å². The van der Waals surface area contributed by atoms with E-state index in [2.05, 4.69) is 30.9 Å². The fourth-order valence-electron chi connectivity index (χ4n) is 2.60. The molecular weight excluding hydrogens is 272 g/mol. The van der Waals surface area contributed by atoms with Gasteiger partial charge >= 0.3 is 0 Å². The Hall–Kier alpha value is -0.830. The number of nitrogens with zero attached hydrogens (tertiary/aromatic N) is 1. The smallest absolute Gasteiger partial charge is 0.243 e. The van der Waals surface area contributed by atoms with Crippen molar-refractivity contribution in [3.8, 4) is 0 Å². The lowest BCUT2D eigenvalue weighted by atomic mass is 10.1. The maximum absolute atomic E-state index is 10.9. The minimum absolute atomic E-state index is 0.0540. The van der Waals surface area contributed by atoms with Crippen LogP contribution >= 0.6 is 0 Å². The zero-order valence-corrected chi connectivity index (χ0v) is 15.0. The number of carbonyl (C=O) groups is 1. The monoisotopic (exact) mass is 310 g/mol. The molecule has 0 unspecified atom stereocenters. The van der Waals surface area contributed by atoms with Gasteiger partial charge in [0.2, 0.25) is 5.91 Å². The molecule has 0 spiro atoms. The van der Waals surface area contributed by atoms with E-state index < -0.39 is 0 Å². The van der Waals surface area contributed by atoms with Gasteiger partial charge in [-0.15, -0.1) is 0 Å². The average molecular weight is 311 g/mol. The second kappa shape index (κ2) is 16.5. The zero-order valence-electron chi connectivity index (χ0n) is 15.0. The SMILES string of the molecule is C=CC(=O)NCCCCCCCCCCCCCCN(C)C. The molecule has 0 bridgehead atoms. The maximum Gasteiger partial charge on any atom is 0.243 e. The van der Waals surface area contributed by atoms with Crippen LogP contribution in [0, 0.1) is 0 Å². The van der Waals surface area contributed by atoms with E-state index in [4.69, 9.17) is 0 Å². The van der Waals surface area contributed by atoms with Gasteiger partial charge in [0, 0.05) is 6.54 Å². The Kier molecular flexibility index (Phi) is 15.9. The van der Waals surface area contributed by atoms with Crippen molar-refractivity contribution in [2.45, 2.75) is 77.0 Å². The summed E-state index contributed by atoms with van der Waals surface area (Å²) in [5.41, 5.74) is 0. The van der Waals surface area contributed by atoms with Crippen LogP contribution in [0.3, 0.4) is 0 Å². The number of hydrogen-bond donors (Lipinski definition) is 1. The molecule has 130 valence electrons. The van der Waals surface area contributed by atoms with E-state index >= 15 is 0 Å². The van der Waals surface area contributed by atoms with Gasteiger partial charge in [-0.25, -0.2) is 0 Å². The Labute approximate surface area is 138 Å². The molecule has 0 rings (SSSR count). The third kappa shape index (κ3) is 17.2. The Morgan fingerprint density at radius 3 is 1.64 bits per heavy atom. The van der Waals surface area contributed by atoms with Crippen molar-refractivity contribution >= 4 is 5.91 Å². The van der Waals surface area contributed by atoms with Crippen molar-refractivity contribution in [2.24, 2.45) is 0 Å². The number of rotatable bonds is 16. The van der Waals surface area contributed by atoms with E-state index in [0.717, 1.165) is 13.0 Å². The summed E-state index contributed by atoms with van der Waals surface area (Å²) >= 11 is 0. The van der Waals surface area contributed by atoms with Crippen LogP contribution in [-0.4, -0.2) is 38.0 Å². The molecule has 0 aliphatic heterocycles. The van der Waals surface area contributed by atoms with E-state index in [1.807, 2.05) is 0 Å². The van der Waals surface area contributed by atoms with Gasteiger partial charge < -0.3 is 10.2 Å². The molecule has 0 radical (unpaired) electrons. The Bertz CT molecular complexity index is 264. The summed E-state index contributed by atoms with van der Waals surface area (Å²) in [6, 6.07) is 0. The molecule has 0 fully saturated rings. The highest BCUT2D eigenvalue weighted by atomic mass is 16.1. The first kappa shape index (κ1) is 21.2. The van der Waals surface area contributed by atoms with Crippen LogP contribution < -0.4 is 5.32 Å². The largest absolute Gasteiger partial charge is 0.353 e. The normalized spacial score (nSPS) is 10.9. The number of amides is 1. The second-order valence-electron chi connectivity index (χ2n) is 6.54. The van der Waals surface area contributed by atoms with Crippen LogP contribution in [0.25, 0.3) is 0 Å². The first-order valence-electron chi connectivity index (χ1n) is 9.22. The third-order valence-corrected chi connectivity index (χ3v) is 4.02. The Balaban J connectivity index is 3.02. The van der Waals surface area contributed by atoms with Crippen molar-refractivity contribution < 1.29 is 4.79 Å². The average Bonchev–Trinajstić information content (AvgIpc) is 2.50. The molecule has 3 heteroatoms. The van der Waals surface area contributed by atoms with Crippen molar-refractivity contribution in [3.63, 3.8) is 0 Å². The summed E-state index contributed by atoms with van der Waals surface area (Å²) in [5.74, 6) is -0.0540. The molecule has 0 aliphatic rings. The summed E-state index contributed by atoms with van der Waals surface area (Å²) in [6.07, 6.45) is 17.4. The van der Waals surface area contributed by atoms with Crippen molar-refractivity contribution in [1.82, 2.24) is 10.2 Å². The van der Waals surface area contributed by atoms with Gasteiger partial charge in [0.25, 0.3) is 0 Å². The second-order valence-corrected chi connectivity index (χ2v) is 6.54. The fourth-order valence-corrected chi connectivity index (χ4v) is 2.60. The van der Waals surface area contributed by atoms with Gasteiger partial charge in [-0.05, 0) is 39.6 Å². The summed E-state index contributed by atoms with van der Waals surface area (Å²) in [4.78, 5) is 13.2. The van der Waals surface area contributed by atoms with Gasteiger partial charge in [0.1, 0.15) is 0 Å². The van der Waals surface area contributed by atoms with Gasteiger partial charge in [0.05, 0.1) is 0 Å². The maximum atomic E-state index is 10.9. The van der Waals surface area contributed by atoms with Crippen LogP contribution in [0.2, 0.25) is 0 Å². The molecule has 0 aromatic rings. The van der Waals surface area contributed by atoms with Gasteiger partial charge in [-0.1, -0.05) is 70.8 Å². The van der Waals surface area contributed by atoms with Crippen LogP contribution in [-0.2, 0) is 4.79 Å². The molecule has 0 aromatic carbocycles. The zero-order chi connectivity index (χ0) is 16.5. The van der Waals surface area contributed by atoms with Crippen molar-refractivity contribution in [2.75, 3.05) is 27.2 Å². The highest BCUT2D eigenvalue weighted by Crippen LogP contribution is 2.11. The molecule has 0 heterocycles. The van der Waals surface area contributed by atoms with Gasteiger partial charge in [-0.3, -0.25) is 4.79 Å². The Morgan fingerprint density at radius 2 is 1.23 bits per heavy atom. The van der Waals surface area contributed by atoms with E-state index in [9.17, 15) is 4.79 Å². The predicted octanol–water partition coefficient (Wildman–Crippen LogP) is 4.53. The predicted molar refractivity (Wildman–Crippen MR) is 97.2 cm³/mol. The lowest BCUT2D eigenvalue weighted by Crippen LogP contribution is -2.21. The van der Waals surface area contributed by atoms with E-state index in [1.165, 1.54) is 83.2 Å². The lowest BCUT2D eigenvalue weighted by molar-refractivity contribution is -0.116. The lowest BCUT2D eigenvalue weighted by Gasteiger charge is -2.08. The first-order chi connectivity index (χ1) is 10.7. The summed E-state index contributed by atoms with van der Waals surface area (Å²) in [5, 5.41) is 2.82. The number of nitrogens with one attached hydrogen (secondary N) is 1. The molecule has 0 aliphatic carbocycles. The molecule has 0 aromatic heterocycles. The molecule has 0 saturated carbocycles. The van der Waals surface area contributed by atoms with Crippen molar-refractivity contribution in [1.29, 1.82) is 0 Å². The standard InChI is InChI=1S/C19H38N2O/c1-4-19(22)20-17-15-13-11-9-7-5-6-8-10-12-14-16-18-21(2)3/h4H,1,5-18H2,2-3H3,(H,20,22). The van der Waals surface area contributed by atoms with E-state index in [0.29, 0.717) is 0 Å². The van der Waals surface area contributed by atoms with E-state index in [1.54, 1.807) is 0 Å². The minimum Gasteiger partial charge on any atom is -0.353 e. The molecule has 0 saturated heterocycles. The molecule has 22 heavy (non-hydrogen) atoms. The van der Waals surface area contributed by atoms with Gasteiger partial charge in [0.15, 0.2) is 0 Å². The molecule has 1 amide bonds. The van der Waals surface area contributed by atoms with Crippen LogP contribution in [0.15, 0.2) is 12.7 Å². The summed E-state index contributed by atoms with van der Waals surface area (Å²) in [7, 11) is 4.30.